The number of benzene rings is 3. The number of carbonyl (C=O) groups is 1. The minimum absolute atomic E-state index is 0.216. The highest BCUT2D eigenvalue weighted by molar-refractivity contribution is 14.1. The summed E-state index contributed by atoms with van der Waals surface area (Å²) in [6.45, 7) is 5.95. The van der Waals surface area contributed by atoms with Gasteiger partial charge in [-0.2, -0.15) is 0 Å². The van der Waals surface area contributed by atoms with Crippen molar-refractivity contribution in [2.75, 3.05) is 13.7 Å². The minimum atomic E-state index is -0.664. The second-order valence-corrected chi connectivity index (χ2v) is 12.8. The third-order valence-electron chi connectivity index (χ3n) is 6.85. The van der Waals surface area contributed by atoms with Crippen molar-refractivity contribution < 1.29 is 19.0 Å². The molecule has 0 unspecified atom stereocenters. The molecule has 0 radical (unpaired) electrons. The number of hydrogen-bond acceptors (Lipinski definition) is 7. The van der Waals surface area contributed by atoms with E-state index in [0.29, 0.717) is 42.1 Å². The molecule has 1 aliphatic rings. The van der Waals surface area contributed by atoms with E-state index < -0.39 is 12.0 Å². The number of fused-ring (bicyclic) bond motifs is 1. The van der Waals surface area contributed by atoms with Crippen LogP contribution >= 0.6 is 57.1 Å². The van der Waals surface area contributed by atoms with Gasteiger partial charge >= 0.3 is 5.97 Å². The predicted molar refractivity (Wildman–Crippen MR) is 178 cm³/mol. The summed E-state index contributed by atoms with van der Waals surface area (Å²) >= 11 is 15.8. The molecule has 1 aliphatic heterocycles. The maximum atomic E-state index is 14.0. The van der Waals surface area contributed by atoms with Crippen LogP contribution in [0.1, 0.15) is 42.1 Å². The van der Waals surface area contributed by atoms with Gasteiger partial charge in [-0.25, -0.2) is 9.79 Å². The van der Waals surface area contributed by atoms with Crippen LogP contribution in [0.25, 0.3) is 6.08 Å². The zero-order chi connectivity index (χ0) is 30.8. The third kappa shape index (κ3) is 6.55. The maximum absolute atomic E-state index is 14.0. The van der Waals surface area contributed by atoms with Crippen LogP contribution in [0.5, 0.6) is 11.5 Å². The van der Waals surface area contributed by atoms with Crippen molar-refractivity contribution in [3.63, 3.8) is 0 Å². The largest absolute Gasteiger partial charge is 0.493 e. The van der Waals surface area contributed by atoms with Crippen LogP contribution in [0.3, 0.4) is 0 Å². The summed E-state index contributed by atoms with van der Waals surface area (Å²) in [6, 6.07) is 16.1. The molecule has 0 amide bonds. The number of carbonyl (C=O) groups excluding carboxylic acids is 1. The highest BCUT2D eigenvalue weighted by atomic mass is 127. The Morgan fingerprint density at radius 1 is 1.12 bits per heavy atom. The van der Waals surface area contributed by atoms with E-state index in [4.69, 9.17) is 37.4 Å². The van der Waals surface area contributed by atoms with E-state index >= 15 is 0 Å². The molecule has 7 nitrogen and oxygen atoms in total. The van der Waals surface area contributed by atoms with Gasteiger partial charge in [-0.1, -0.05) is 70.4 Å². The van der Waals surface area contributed by atoms with Crippen molar-refractivity contribution in [1.29, 1.82) is 0 Å². The molecule has 2 heterocycles. The first-order valence-corrected chi connectivity index (χ1v) is 16.0. The van der Waals surface area contributed by atoms with Crippen molar-refractivity contribution in [1.82, 2.24) is 4.57 Å². The quantitative estimate of drug-likeness (QED) is 0.150. The van der Waals surface area contributed by atoms with Gasteiger partial charge in [0.05, 0.1) is 39.1 Å². The standard InChI is InChI=1S/C32H27Cl2IN2O5S/c1-5-41-31(39)27-18(3)36-32-37(28(27)20-8-6-17(2)7-9-20)30(38)26(43-32)14-19-12-24(35)29(25(13-19)40-4)42-16-21-10-11-22(33)15-23(21)34/h6-15,28H,5,16H2,1-4H3/b26-14-/t28-/m1/s1. The van der Waals surface area contributed by atoms with Gasteiger partial charge in [-0.15, -0.1) is 0 Å². The first-order chi connectivity index (χ1) is 20.6. The van der Waals surface area contributed by atoms with Crippen molar-refractivity contribution in [3.05, 3.63) is 121 Å². The van der Waals surface area contributed by atoms with Gasteiger partial charge < -0.3 is 14.2 Å². The van der Waals surface area contributed by atoms with Crippen molar-refractivity contribution >= 4 is 69.2 Å². The Morgan fingerprint density at radius 2 is 1.86 bits per heavy atom. The number of hydrogen-bond donors (Lipinski definition) is 0. The van der Waals surface area contributed by atoms with Crippen molar-refractivity contribution in [3.8, 4) is 11.5 Å². The average Bonchev–Trinajstić information content (AvgIpc) is 3.26. The number of rotatable bonds is 8. The zero-order valence-corrected chi connectivity index (χ0v) is 28.2. The molecule has 0 saturated heterocycles. The number of allylic oxidation sites excluding steroid dienone is 1. The predicted octanol–water partition coefficient (Wildman–Crippen LogP) is 6.61. The lowest BCUT2D eigenvalue weighted by molar-refractivity contribution is -0.139. The highest BCUT2D eigenvalue weighted by Gasteiger charge is 2.33. The second-order valence-electron chi connectivity index (χ2n) is 9.77. The fourth-order valence-electron chi connectivity index (χ4n) is 4.76. The Balaban J connectivity index is 1.56. The van der Waals surface area contributed by atoms with Crippen molar-refractivity contribution in [2.24, 2.45) is 4.99 Å². The normalized spacial score (nSPS) is 14.8. The van der Waals surface area contributed by atoms with Gasteiger partial charge in [0.2, 0.25) is 0 Å². The lowest BCUT2D eigenvalue weighted by Crippen LogP contribution is -2.39. The van der Waals surface area contributed by atoms with Gasteiger partial charge in [0.25, 0.3) is 5.56 Å². The van der Waals surface area contributed by atoms with Gasteiger partial charge in [0.1, 0.15) is 6.61 Å². The SMILES string of the molecule is CCOC(=O)C1=C(C)N=c2s/c(=C\c3cc(I)c(OCc4ccc(Cl)cc4Cl)c(OC)c3)c(=O)n2[C@@H]1c1ccc(C)cc1. The van der Waals surface area contributed by atoms with E-state index in [1.165, 1.54) is 11.3 Å². The molecule has 3 aromatic carbocycles. The third-order valence-corrected chi connectivity index (χ3v) is 9.22. The molecule has 1 aromatic heterocycles. The molecule has 0 fully saturated rings. The lowest BCUT2D eigenvalue weighted by Gasteiger charge is -2.24. The molecule has 5 rings (SSSR count). The number of ether oxygens (including phenoxy) is 3. The highest BCUT2D eigenvalue weighted by Crippen LogP contribution is 2.36. The Bertz CT molecular complexity index is 1930. The number of esters is 1. The Labute approximate surface area is 276 Å². The van der Waals surface area contributed by atoms with Gasteiger partial charge in [0, 0.05) is 15.6 Å². The van der Waals surface area contributed by atoms with Crippen LogP contribution in [0.4, 0.5) is 0 Å². The zero-order valence-electron chi connectivity index (χ0n) is 23.7. The summed E-state index contributed by atoms with van der Waals surface area (Å²) in [5.74, 6) is 0.578. The Hall–Kier alpha value is -3.12. The van der Waals surface area contributed by atoms with Crippen LogP contribution in [-0.4, -0.2) is 24.3 Å². The summed E-state index contributed by atoms with van der Waals surface area (Å²) in [5, 5.41) is 1.06. The summed E-state index contributed by atoms with van der Waals surface area (Å²) < 4.78 is 20.0. The molecule has 0 aliphatic carbocycles. The van der Waals surface area contributed by atoms with Gasteiger partial charge in [-0.3, -0.25) is 9.36 Å². The molecule has 0 spiro atoms. The molecule has 4 aromatic rings. The van der Waals surface area contributed by atoms with Crippen LogP contribution in [0, 0.1) is 10.5 Å². The first-order valence-electron chi connectivity index (χ1n) is 13.3. The van der Waals surface area contributed by atoms with E-state index in [9.17, 15) is 9.59 Å². The van der Waals surface area contributed by atoms with Gasteiger partial charge in [-0.05, 0) is 84.8 Å². The molecule has 1 atom stereocenters. The monoisotopic (exact) mass is 748 g/mol. The molecule has 43 heavy (non-hydrogen) atoms. The van der Waals surface area contributed by atoms with Crippen LogP contribution in [0.2, 0.25) is 10.0 Å². The summed E-state index contributed by atoms with van der Waals surface area (Å²) in [6.07, 6.45) is 1.80. The Morgan fingerprint density at radius 3 is 2.53 bits per heavy atom. The molecule has 222 valence electrons. The van der Waals surface area contributed by atoms with E-state index in [1.54, 1.807) is 43.7 Å². The number of aryl methyl sites for hydroxylation is 1. The van der Waals surface area contributed by atoms with E-state index in [-0.39, 0.29) is 18.8 Å². The number of aromatic nitrogens is 1. The first kappa shape index (κ1) is 31.3. The van der Waals surface area contributed by atoms with Gasteiger partial charge in [0.15, 0.2) is 16.3 Å². The fraction of sp³-hybridized carbons (Fsp3) is 0.219. The lowest BCUT2D eigenvalue weighted by atomic mass is 9.95. The minimum Gasteiger partial charge on any atom is -0.493 e. The number of methoxy groups -OCH3 is 1. The fourth-order valence-corrected chi connectivity index (χ4v) is 7.05. The average molecular weight is 749 g/mol. The van der Waals surface area contributed by atoms with E-state index in [1.807, 2.05) is 49.4 Å². The molecule has 0 bridgehead atoms. The van der Waals surface area contributed by atoms with Crippen LogP contribution in [-0.2, 0) is 16.1 Å². The summed E-state index contributed by atoms with van der Waals surface area (Å²) in [7, 11) is 1.56. The summed E-state index contributed by atoms with van der Waals surface area (Å²) in [4.78, 5) is 32.2. The molecule has 11 heteroatoms. The number of halogens is 3. The Kier molecular flexibility index (Phi) is 9.65. The second kappa shape index (κ2) is 13.3. The van der Waals surface area contributed by atoms with E-state index in [0.717, 1.165) is 25.8 Å². The van der Waals surface area contributed by atoms with Crippen molar-refractivity contribution in [2.45, 2.75) is 33.4 Å². The topological polar surface area (TPSA) is 79.1 Å². The van der Waals surface area contributed by atoms with Crippen LogP contribution < -0.4 is 24.4 Å². The molecule has 0 saturated carbocycles. The number of nitrogens with zero attached hydrogens (tertiary/aromatic N) is 2. The maximum Gasteiger partial charge on any atom is 0.338 e. The van der Waals surface area contributed by atoms with Crippen LogP contribution in [0.15, 0.2) is 75.7 Å². The molecular formula is C32H27Cl2IN2O5S. The molecular weight excluding hydrogens is 722 g/mol. The summed E-state index contributed by atoms with van der Waals surface area (Å²) in [5.41, 5.74) is 4.02. The smallest absolute Gasteiger partial charge is 0.338 e. The molecule has 0 N–H and O–H groups in total. The number of thiazole rings is 1. The van der Waals surface area contributed by atoms with E-state index in [2.05, 4.69) is 27.6 Å².